The highest BCUT2D eigenvalue weighted by molar-refractivity contribution is 7.15. The minimum Gasteiger partial charge on any atom is -0.348 e. The Labute approximate surface area is 102 Å². The van der Waals surface area contributed by atoms with Crippen molar-refractivity contribution in [2.75, 3.05) is 25.0 Å². The number of anilines is 1. The van der Waals surface area contributed by atoms with Gasteiger partial charge in [-0.3, -0.25) is 0 Å². The van der Waals surface area contributed by atoms with E-state index < -0.39 is 0 Å². The van der Waals surface area contributed by atoms with Crippen LogP contribution in [0.3, 0.4) is 0 Å². The Balaban J connectivity index is 2.06. The van der Waals surface area contributed by atoms with E-state index in [2.05, 4.69) is 29.0 Å². The van der Waals surface area contributed by atoms with Crippen LogP contribution in [0.4, 0.5) is 5.13 Å². The minimum absolute atomic E-state index is 0.883. The Morgan fingerprint density at radius 3 is 2.75 bits per heavy atom. The quantitative estimate of drug-likeness (QED) is 0.878. The first-order valence-electron chi connectivity index (χ1n) is 6.06. The number of hydrogen-bond acceptors (Lipinski definition) is 4. The van der Waals surface area contributed by atoms with Crippen LogP contribution in [0, 0.1) is 12.8 Å². The summed E-state index contributed by atoms with van der Waals surface area (Å²) in [4.78, 5) is 8.50. The lowest BCUT2D eigenvalue weighted by atomic mass is 10.00. The number of aryl methyl sites for hydroxylation is 1. The van der Waals surface area contributed by atoms with Crippen molar-refractivity contribution in [3.63, 3.8) is 0 Å². The van der Waals surface area contributed by atoms with E-state index in [1.165, 1.54) is 41.6 Å². The van der Waals surface area contributed by atoms with E-state index >= 15 is 0 Å². The minimum atomic E-state index is 0.883. The van der Waals surface area contributed by atoms with Gasteiger partial charge in [0.05, 0.1) is 5.69 Å². The van der Waals surface area contributed by atoms with E-state index in [4.69, 9.17) is 0 Å². The number of hydrogen-bond donors (Lipinski definition) is 1. The third-order valence-electron chi connectivity index (χ3n) is 3.27. The SMILES string of the molecule is CNCc1sc(N2CCC(C)CC2)nc1C. The third kappa shape index (κ3) is 2.55. The predicted octanol–water partition coefficient (Wildman–Crippen LogP) is 2.41. The van der Waals surface area contributed by atoms with Crippen LogP contribution < -0.4 is 10.2 Å². The number of rotatable bonds is 3. The highest BCUT2D eigenvalue weighted by Gasteiger charge is 2.19. The Morgan fingerprint density at radius 2 is 2.12 bits per heavy atom. The first-order chi connectivity index (χ1) is 7.70. The Morgan fingerprint density at radius 1 is 1.44 bits per heavy atom. The summed E-state index contributed by atoms with van der Waals surface area (Å²) >= 11 is 1.84. The molecular weight excluding hydrogens is 218 g/mol. The summed E-state index contributed by atoms with van der Waals surface area (Å²) in [6, 6.07) is 0. The van der Waals surface area contributed by atoms with Crippen LogP contribution in [-0.2, 0) is 6.54 Å². The van der Waals surface area contributed by atoms with Crippen molar-refractivity contribution < 1.29 is 0 Å². The fourth-order valence-electron chi connectivity index (χ4n) is 2.07. The molecule has 0 atom stereocenters. The van der Waals surface area contributed by atoms with Crippen LogP contribution in [0.2, 0.25) is 0 Å². The van der Waals surface area contributed by atoms with Gasteiger partial charge in [0.2, 0.25) is 0 Å². The maximum Gasteiger partial charge on any atom is 0.185 e. The standard InChI is InChI=1S/C12H21N3S/c1-9-4-6-15(7-5-9)12-14-10(2)11(16-12)8-13-3/h9,13H,4-8H2,1-3H3. The summed E-state index contributed by atoms with van der Waals surface area (Å²) in [5, 5.41) is 4.42. The lowest BCUT2D eigenvalue weighted by Crippen LogP contribution is -2.32. The molecule has 0 aliphatic carbocycles. The molecule has 0 aromatic carbocycles. The lowest BCUT2D eigenvalue weighted by Gasteiger charge is -2.29. The van der Waals surface area contributed by atoms with Crippen molar-refractivity contribution in [2.45, 2.75) is 33.2 Å². The van der Waals surface area contributed by atoms with Crippen molar-refractivity contribution in [1.29, 1.82) is 0 Å². The molecule has 3 nitrogen and oxygen atoms in total. The molecular formula is C12H21N3S. The van der Waals surface area contributed by atoms with Crippen molar-refractivity contribution in [2.24, 2.45) is 5.92 Å². The molecule has 1 aliphatic rings. The van der Waals surface area contributed by atoms with E-state index in [-0.39, 0.29) is 0 Å². The van der Waals surface area contributed by atoms with Crippen LogP contribution in [0.1, 0.15) is 30.3 Å². The number of aromatic nitrogens is 1. The van der Waals surface area contributed by atoms with E-state index in [9.17, 15) is 0 Å². The average molecular weight is 239 g/mol. The van der Waals surface area contributed by atoms with Crippen LogP contribution in [0.25, 0.3) is 0 Å². The molecule has 2 rings (SSSR count). The maximum atomic E-state index is 4.68. The fraction of sp³-hybridized carbons (Fsp3) is 0.750. The van der Waals surface area contributed by atoms with Gasteiger partial charge in [-0.15, -0.1) is 11.3 Å². The molecule has 1 N–H and O–H groups in total. The van der Waals surface area contributed by atoms with Crippen LogP contribution >= 0.6 is 11.3 Å². The zero-order chi connectivity index (χ0) is 11.5. The molecule has 0 bridgehead atoms. The van der Waals surface area contributed by atoms with Gasteiger partial charge in [-0.1, -0.05) is 6.92 Å². The molecule has 2 heterocycles. The summed E-state index contributed by atoms with van der Waals surface area (Å²) in [6.07, 6.45) is 2.61. The van der Waals surface area contributed by atoms with E-state index in [0.717, 1.165) is 12.5 Å². The Hall–Kier alpha value is -0.610. The third-order valence-corrected chi connectivity index (χ3v) is 4.49. The lowest BCUT2D eigenvalue weighted by molar-refractivity contribution is 0.438. The largest absolute Gasteiger partial charge is 0.348 e. The molecule has 0 saturated carbocycles. The van der Waals surface area contributed by atoms with Gasteiger partial charge in [-0.25, -0.2) is 4.98 Å². The van der Waals surface area contributed by atoms with E-state index in [0.29, 0.717) is 0 Å². The van der Waals surface area contributed by atoms with Crippen molar-refractivity contribution in [3.05, 3.63) is 10.6 Å². The second kappa shape index (κ2) is 5.15. The second-order valence-corrected chi connectivity index (χ2v) is 5.77. The first kappa shape index (κ1) is 11.9. The zero-order valence-electron chi connectivity index (χ0n) is 10.4. The van der Waals surface area contributed by atoms with Gasteiger partial charge in [0.15, 0.2) is 5.13 Å². The molecule has 4 heteroatoms. The fourth-order valence-corrected chi connectivity index (χ4v) is 3.20. The van der Waals surface area contributed by atoms with Gasteiger partial charge in [-0.2, -0.15) is 0 Å². The molecule has 1 aromatic heterocycles. The van der Waals surface area contributed by atoms with Gasteiger partial charge in [0.1, 0.15) is 0 Å². The van der Waals surface area contributed by atoms with Crippen LogP contribution in [-0.4, -0.2) is 25.1 Å². The highest BCUT2D eigenvalue weighted by Crippen LogP contribution is 2.29. The molecule has 0 radical (unpaired) electrons. The predicted molar refractivity (Wildman–Crippen MR) is 70.2 cm³/mol. The van der Waals surface area contributed by atoms with Gasteiger partial charge in [0, 0.05) is 24.5 Å². The van der Waals surface area contributed by atoms with Crippen molar-refractivity contribution in [1.82, 2.24) is 10.3 Å². The summed E-state index contributed by atoms with van der Waals surface area (Å²) in [7, 11) is 1.99. The summed E-state index contributed by atoms with van der Waals surface area (Å²) in [5.74, 6) is 0.883. The molecule has 16 heavy (non-hydrogen) atoms. The maximum absolute atomic E-state index is 4.68. The molecule has 1 fully saturated rings. The van der Waals surface area contributed by atoms with Gasteiger partial charge in [0.25, 0.3) is 0 Å². The number of nitrogens with zero attached hydrogens (tertiary/aromatic N) is 2. The summed E-state index contributed by atoms with van der Waals surface area (Å²) < 4.78 is 0. The smallest absolute Gasteiger partial charge is 0.185 e. The summed E-state index contributed by atoms with van der Waals surface area (Å²) in [5.41, 5.74) is 1.19. The molecule has 0 amide bonds. The van der Waals surface area contributed by atoms with E-state index in [1.807, 2.05) is 18.4 Å². The molecule has 1 saturated heterocycles. The van der Waals surface area contributed by atoms with Crippen molar-refractivity contribution in [3.8, 4) is 0 Å². The van der Waals surface area contributed by atoms with Crippen LogP contribution in [0.15, 0.2) is 0 Å². The van der Waals surface area contributed by atoms with Gasteiger partial charge >= 0.3 is 0 Å². The second-order valence-electron chi connectivity index (χ2n) is 4.70. The van der Waals surface area contributed by atoms with Crippen molar-refractivity contribution >= 4 is 16.5 Å². The molecule has 0 unspecified atom stereocenters. The van der Waals surface area contributed by atoms with Crippen LogP contribution in [0.5, 0.6) is 0 Å². The number of thiazole rings is 1. The topological polar surface area (TPSA) is 28.2 Å². The number of piperidine rings is 1. The Kier molecular flexibility index (Phi) is 3.82. The molecule has 1 aromatic rings. The number of nitrogens with one attached hydrogen (secondary N) is 1. The first-order valence-corrected chi connectivity index (χ1v) is 6.88. The summed E-state index contributed by atoms with van der Waals surface area (Å²) in [6.45, 7) is 7.74. The van der Waals surface area contributed by atoms with E-state index in [1.54, 1.807) is 0 Å². The normalized spacial score (nSPS) is 18.1. The Bertz CT molecular complexity index is 340. The highest BCUT2D eigenvalue weighted by atomic mass is 32.1. The van der Waals surface area contributed by atoms with Gasteiger partial charge in [-0.05, 0) is 32.7 Å². The molecule has 0 spiro atoms. The monoisotopic (exact) mass is 239 g/mol. The zero-order valence-corrected chi connectivity index (χ0v) is 11.2. The molecule has 1 aliphatic heterocycles. The molecule has 90 valence electrons. The van der Waals surface area contributed by atoms with Gasteiger partial charge < -0.3 is 10.2 Å². The average Bonchev–Trinajstić information content (AvgIpc) is 2.62.